The molecule has 0 aliphatic heterocycles. The minimum atomic E-state index is -0.760. The highest BCUT2D eigenvalue weighted by Crippen LogP contribution is 2.23. The summed E-state index contributed by atoms with van der Waals surface area (Å²) in [4.78, 5) is 11.8. The number of benzene rings is 1. The topological polar surface area (TPSA) is 58.6 Å². The Labute approximate surface area is 101 Å². The molecule has 4 nitrogen and oxygen atoms in total. The molecule has 1 rings (SSSR count). The predicted octanol–water partition coefficient (Wildman–Crippen LogP) is 1.54. The third kappa shape index (κ3) is 3.15. The summed E-state index contributed by atoms with van der Waals surface area (Å²) in [6, 6.07) is 4.45. The quantitative estimate of drug-likeness (QED) is 0.779. The van der Waals surface area contributed by atoms with Crippen LogP contribution in [0.2, 0.25) is 0 Å². The van der Waals surface area contributed by atoms with Crippen molar-refractivity contribution in [2.24, 2.45) is 0 Å². The number of rotatable bonds is 3. The van der Waals surface area contributed by atoms with Gasteiger partial charge >= 0.3 is 0 Å². The molecule has 0 heterocycles. The minimum absolute atomic E-state index is 0.144. The molecule has 1 amide bonds. The average Bonchev–Trinajstić information content (AvgIpc) is 2.28. The van der Waals surface area contributed by atoms with Crippen LogP contribution in [0.1, 0.15) is 24.2 Å². The highest BCUT2D eigenvalue weighted by atomic mass is 16.5. The minimum Gasteiger partial charge on any atom is -0.507 e. The number of carbonyl (C=O) groups is 1. The highest BCUT2D eigenvalue weighted by Gasteiger charge is 2.20. The van der Waals surface area contributed by atoms with E-state index in [-0.39, 0.29) is 11.3 Å². The van der Waals surface area contributed by atoms with Gasteiger partial charge in [0.25, 0.3) is 5.91 Å². The van der Waals surface area contributed by atoms with Crippen LogP contribution in [-0.4, -0.2) is 23.7 Å². The first-order valence-corrected chi connectivity index (χ1v) is 5.07. The van der Waals surface area contributed by atoms with Crippen LogP contribution < -0.4 is 10.1 Å². The van der Waals surface area contributed by atoms with Crippen molar-refractivity contribution in [3.05, 3.63) is 23.8 Å². The molecule has 0 bridgehead atoms. The molecule has 0 radical (unpaired) electrons. The van der Waals surface area contributed by atoms with Crippen molar-refractivity contribution >= 4 is 5.91 Å². The summed E-state index contributed by atoms with van der Waals surface area (Å²) in [6.45, 7) is 3.40. The Bertz CT molecular complexity index is 472. The fourth-order valence-electron chi connectivity index (χ4n) is 1.22. The van der Waals surface area contributed by atoms with Gasteiger partial charge in [0.05, 0.1) is 18.2 Å². The lowest BCUT2D eigenvalue weighted by molar-refractivity contribution is 0.0927. The van der Waals surface area contributed by atoms with Crippen LogP contribution in [0.3, 0.4) is 0 Å². The summed E-state index contributed by atoms with van der Waals surface area (Å²) in [5, 5.41) is 12.3. The number of phenols is 1. The van der Waals surface area contributed by atoms with E-state index in [0.29, 0.717) is 5.75 Å². The molecule has 0 unspecified atom stereocenters. The highest BCUT2D eigenvalue weighted by molar-refractivity contribution is 5.97. The van der Waals surface area contributed by atoms with E-state index in [2.05, 4.69) is 11.2 Å². The first-order valence-electron chi connectivity index (χ1n) is 5.07. The van der Waals surface area contributed by atoms with E-state index < -0.39 is 11.4 Å². The summed E-state index contributed by atoms with van der Waals surface area (Å²) in [6.07, 6.45) is 5.27. The zero-order valence-electron chi connectivity index (χ0n) is 10.1. The summed E-state index contributed by atoms with van der Waals surface area (Å²) in [5.74, 6) is 2.36. The molecule has 0 aromatic heterocycles. The third-order valence-corrected chi connectivity index (χ3v) is 2.24. The van der Waals surface area contributed by atoms with Gasteiger partial charge in [-0.2, -0.15) is 0 Å². The maximum atomic E-state index is 11.8. The van der Waals surface area contributed by atoms with E-state index in [4.69, 9.17) is 11.2 Å². The Morgan fingerprint density at radius 2 is 2.18 bits per heavy atom. The number of aromatic hydroxyl groups is 1. The maximum Gasteiger partial charge on any atom is 0.256 e. The molecule has 1 aromatic carbocycles. The Morgan fingerprint density at radius 3 is 2.65 bits per heavy atom. The van der Waals surface area contributed by atoms with Crippen molar-refractivity contribution in [1.82, 2.24) is 5.32 Å². The van der Waals surface area contributed by atoms with Gasteiger partial charge in [-0.05, 0) is 26.0 Å². The summed E-state index contributed by atoms with van der Waals surface area (Å²) < 4.78 is 4.93. The Hall–Kier alpha value is -2.15. The zero-order chi connectivity index (χ0) is 13.1. The largest absolute Gasteiger partial charge is 0.507 e. The lowest BCUT2D eigenvalue weighted by atomic mass is 10.1. The number of phenolic OH excluding ortho intramolecular Hbond substituents is 1. The van der Waals surface area contributed by atoms with Crippen molar-refractivity contribution in [3.8, 4) is 23.8 Å². The van der Waals surface area contributed by atoms with E-state index in [1.807, 2.05) is 0 Å². The predicted molar refractivity (Wildman–Crippen MR) is 65.0 cm³/mol. The summed E-state index contributed by atoms with van der Waals surface area (Å²) in [7, 11) is 1.48. The zero-order valence-corrected chi connectivity index (χ0v) is 10.1. The Kier molecular flexibility index (Phi) is 3.64. The number of nitrogens with one attached hydrogen (secondary N) is 1. The van der Waals surface area contributed by atoms with Crippen LogP contribution in [0.5, 0.6) is 11.5 Å². The van der Waals surface area contributed by atoms with Crippen molar-refractivity contribution in [2.75, 3.05) is 7.11 Å². The second-order valence-corrected chi connectivity index (χ2v) is 4.11. The molecule has 0 saturated heterocycles. The van der Waals surface area contributed by atoms with Gasteiger partial charge in [-0.3, -0.25) is 4.79 Å². The van der Waals surface area contributed by atoms with Crippen molar-refractivity contribution < 1.29 is 14.6 Å². The number of terminal acetylenes is 1. The van der Waals surface area contributed by atoms with Crippen LogP contribution in [0.4, 0.5) is 0 Å². The van der Waals surface area contributed by atoms with Crippen molar-refractivity contribution in [1.29, 1.82) is 0 Å². The van der Waals surface area contributed by atoms with Crippen molar-refractivity contribution in [2.45, 2.75) is 19.4 Å². The first kappa shape index (κ1) is 12.9. The molecule has 2 N–H and O–H groups in total. The molecule has 0 spiro atoms. The maximum absolute atomic E-state index is 11.8. The average molecular weight is 233 g/mol. The molecule has 0 fully saturated rings. The number of methoxy groups -OCH3 is 1. The van der Waals surface area contributed by atoms with Crippen LogP contribution in [0.15, 0.2) is 18.2 Å². The van der Waals surface area contributed by atoms with E-state index in [1.54, 1.807) is 19.9 Å². The Balaban J connectivity index is 2.95. The molecule has 0 saturated carbocycles. The smallest absolute Gasteiger partial charge is 0.256 e. The lowest BCUT2D eigenvalue weighted by Gasteiger charge is -2.19. The van der Waals surface area contributed by atoms with Gasteiger partial charge in [0.15, 0.2) is 0 Å². The molecule has 0 aliphatic carbocycles. The molecular weight excluding hydrogens is 218 g/mol. The van der Waals surface area contributed by atoms with Gasteiger partial charge in [-0.1, -0.05) is 5.92 Å². The summed E-state index contributed by atoms with van der Waals surface area (Å²) >= 11 is 0. The molecule has 0 aliphatic rings. The first-order chi connectivity index (χ1) is 7.89. The van der Waals surface area contributed by atoms with Gasteiger partial charge in [0.2, 0.25) is 0 Å². The fourth-order valence-corrected chi connectivity index (χ4v) is 1.22. The lowest BCUT2D eigenvalue weighted by Crippen LogP contribution is -2.42. The number of hydrogen-bond acceptors (Lipinski definition) is 3. The van der Waals surface area contributed by atoms with Crippen LogP contribution >= 0.6 is 0 Å². The van der Waals surface area contributed by atoms with Crippen LogP contribution in [0, 0.1) is 12.3 Å². The van der Waals surface area contributed by atoms with Gasteiger partial charge < -0.3 is 15.2 Å². The molecular formula is C13H15NO3. The second-order valence-electron chi connectivity index (χ2n) is 4.11. The summed E-state index contributed by atoms with van der Waals surface area (Å²) in [5.41, 5.74) is -0.599. The normalized spacial score (nSPS) is 10.5. The van der Waals surface area contributed by atoms with Gasteiger partial charge in [0.1, 0.15) is 11.5 Å². The van der Waals surface area contributed by atoms with Gasteiger partial charge in [-0.15, -0.1) is 6.42 Å². The monoisotopic (exact) mass is 233 g/mol. The molecule has 90 valence electrons. The second kappa shape index (κ2) is 4.79. The van der Waals surface area contributed by atoms with E-state index in [1.165, 1.54) is 19.2 Å². The number of carbonyl (C=O) groups excluding carboxylic acids is 1. The SMILES string of the molecule is C#CC(C)(C)NC(=O)c1ccc(OC)cc1O. The third-order valence-electron chi connectivity index (χ3n) is 2.24. The van der Waals surface area contributed by atoms with E-state index in [0.717, 1.165) is 0 Å². The van der Waals surface area contributed by atoms with Crippen molar-refractivity contribution in [3.63, 3.8) is 0 Å². The van der Waals surface area contributed by atoms with E-state index >= 15 is 0 Å². The van der Waals surface area contributed by atoms with Crippen LogP contribution in [0.25, 0.3) is 0 Å². The molecule has 0 atom stereocenters. The molecule has 1 aromatic rings. The van der Waals surface area contributed by atoms with E-state index in [9.17, 15) is 9.90 Å². The standard InChI is InChI=1S/C13H15NO3/c1-5-13(2,3)14-12(16)10-7-6-9(17-4)8-11(10)15/h1,6-8,15H,2-4H3,(H,14,16). The van der Waals surface area contributed by atoms with Gasteiger partial charge in [-0.25, -0.2) is 0 Å². The van der Waals surface area contributed by atoms with Gasteiger partial charge in [0, 0.05) is 6.07 Å². The Morgan fingerprint density at radius 1 is 1.53 bits per heavy atom. The molecule has 4 heteroatoms. The number of amides is 1. The van der Waals surface area contributed by atoms with Crippen LogP contribution in [-0.2, 0) is 0 Å². The fraction of sp³-hybridized carbons (Fsp3) is 0.308. The number of ether oxygens (including phenoxy) is 1. The molecule has 17 heavy (non-hydrogen) atoms. The number of hydrogen-bond donors (Lipinski definition) is 2.